The SMILES string of the molecule is CCOc1ccccc1C(=O)NCC(c1ccccc1)c1c[nH]c2ccccc12. The summed E-state index contributed by atoms with van der Waals surface area (Å²) in [5.41, 5.74) is 3.98. The van der Waals surface area contributed by atoms with Gasteiger partial charge in [0.15, 0.2) is 0 Å². The maximum absolute atomic E-state index is 12.9. The van der Waals surface area contributed by atoms with E-state index in [1.165, 1.54) is 10.9 Å². The first kappa shape index (κ1) is 18.8. The van der Waals surface area contributed by atoms with Gasteiger partial charge in [0.1, 0.15) is 5.75 Å². The van der Waals surface area contributed by atoms with Crippen molar-refractivity contribution in [2.45, 2.75) is 12.8 Å². The number of hydrogen-bond donors (Lipinski definition) is 2. The van der Waals surface area contributed by atoms with Gasteiger partial charge in [0.2, 0.25) is 0 Å². The summed E-state index contributed by atoms with van der Waals surface area (Å²) >= 11 is 0. The lowest BCUT2D eigenvalue weighted by Crippen LogP contribution is -2.29. The molecule has 3 aromatic carbocycles. The van der Waals surface area contributed by atoms with E-state index in [0.717, 1.165) is 11.1 Å². The van der Waals surface area contributed by atoms with E-state index in [2.05, 4.69) is 34.6 Å². The average Bonchev–Trinajstić information content (AvgIpc) is 3.19. The minimum absolute atomic E-state index is 0.0376. The minimum Gasteiger partial charge on any atom is -0.493 e. The largest absolute Gasteiger partial charge is 0.493 e. The highest BCUT2D eigenvalue weighted by molar-refractivity contribution is 5.97. The number of nitrogens with one attached hydrogen (secondary N) is 2. The van der Waals surface area contributed by atoms with Crippen LogP contribution in [-0.4, -0.2) is 24.0 Å². The Bertz CT molecular complexity index is 1100. The zero-order valence-electron chi connectivity index (χ0n) is 16.4. The summed E-state index contributed by atoms with van der Waals surface area (Å²) in [6.07, 6.45) is 2.04. The van der Waals surface area contributed by atoms with E-state index < -0.39 is 0 Å². The summed E-state index contributed by atoms with van der Waals surface area (Å²) in [6, 6.07) is 25.9. The second-order valence-corrected chi connectivity index (χ2v) is 6.89. The first-order valence-corrected chi connectivity index (χ1v) is 9.89. The molecule has 0 fully saturated rings. The Hall–Kier alpha value is -3.53. The molecule has 0 bridgehead atoms. The molecule has 146 valence electrons. The van der Waals surface area contributed by atoms with E-state index >= 15 is 0 Å². The molecule has 0 radical (unpaired) electrons. The highest BCUT2D eigenvalue weighted by Gasteiger charge is 2.20. The molecule has 0 saturated heterocycles. The van der Waals surface area contributed by atoms with Gasteiger partial charge >= 0.3 is 0 Å². The van der Waals surface area contributed by atoms with Crippen LogP contribution in [0.1, 0.15) is 34.3 Å². The third kappa shape index (κ3) is 4.02. The minimum atomic E-state index is -0.130. The lowest BCUT2D eigenvalue weighted by Gasteiger charge is -2.19. The molecule has 4 nitrogen and oxygen atoms in total. The van der Waals surface area contributed by atoms with Gasteiger partial charge in [-0.3, -0.25) is 4.79 Å². The molecular weight excluding hydrogens is 360 g/mol. The molecule has 0 saturated carbocycles. The van der Waals surface area contributed by atoms with Crippen LogP contribution in [0.15, 0.2) is 85.1 Å². The second-order valence-electron chi connectivity index (χ2n) is 6.89. The van der Waals surface area contributed by atoms with Crippen molar-refractivity contribution in [2.75, 3.05) is 13.2 Å². The van der Waals surface area contributed by atoms with Gasteiger partial charge in [-0.15, -0.1) is 0 Å². The normalized spacial score (nSPS) is 11.9. The van der Waals surface area contributed by atoms with Gasteiger partial charge in [-0.1, -0.05) is 60.7 Å². The molecule has 4 rings (SSSR count). The molecule has 4 heteroatoms. The highest BCUT2D eigenvalue weighted by Crippen LogP contribution is 2.30. The van der Waals surface area contributed by atoms with E-state index in [1.807, 2.05) is 61.7 Å². The fourth-order valence-corrected chi connectivity index (χ4v) is 3.70. The summed E-state index contributed by atoms with van der Waals surface area (Å²) in [4.78, 5) is 16.3. The van der Waals surface area contributed by atoms with Crippen LogP contribution >= 0.6 is 0 Å². The first-order valence-electron chi connectivity index (χ1n) is 9.89. The Kier molecular flexibility index (Phi) is 5.61. The molecule has 0 spiro atoms. The maximum Gasteiger partial charge on any atom is 0.255 e. The number of hydrogen-bond acceptors (Lipinski definition) is 2. The number of amides is 1. The van der Waals surface area contributed by atoms with Crippen molar-refractivity contribution in [3.05, 3.63) is 102 Å². The molecule has 29 heavy (non-hydrogen) atoms. The van der Waals surface area contributed by atoms with Gasteiger partial charge in [-0.2, -0.15) is 0 Å². The Labute approximate surface area is 170 Å². The lowest BCUT2D eigenvalue weighted by atomic mass is 9.91. The molecule has 0 aliphatic rings. The number of para-hydroxylation sites is 2. The smallest absolute Gasteiger partial charge is 0.255 e. The Morgan fingerprint density at radius 1 is 0.966 bits per heavy atom. The van der Waals surface area contributed by atoms with E-state index in [9.17, 15) is 4.79 Å². The van der Waals surface area contributed by atoms with E-state index in [4.69, 9.17) is 4.74 Å². The zero-order chi connectivity index (χ0) is 20.1. The Morgan fingerprint density at radius 3 is 2.52 bits per heavy atom. The predicted molar refractivity (Wildman–Crippen MR) is 117 cm³/mol. The Morgan fingerprint density at radius 2 is 1.69 bits per heavy atom. The summed E-state index contributed by atoms with van der Waals surface area (Å²) in [5, 5.41) is 4.29. The third-order valence-electron chi connectivity index (χ3n) is 5.10. The molecule has 1 heterocycles. The standard InChI is InChI=1S/C25H24N2O2/c1-2-29-24-15-9-7-13-20(24)25(28)27-16-21(18-10-4-3-5-11-18)22-17-26-23-14-8-6-12-19(22)23/h3-15,17,21,26H,2,16H2,1H3,(H,27,28). The quantitative estimate of drug-likeness (QED) is 0.464. The molecule has 1 amide bonds. The number of benzene rings is 3. The van der Waals surface area contributed by atoms with Crippen LogP contribution in [0.2, 0.25) is 0 Å². The molecule has 1 aromatic heterocycles. The van der Waals surface area contributed by atoms with E-state index in [1.54, 1.807) is 6.07 Å². The number of rotatable bonds is 7. The number of H-pyrrole nitrogens is 1. The van der Waals surface area contributed by atoms with Crippen molar-refractivity contribution in [3.8, 4) is 5.75 Å². The zero-order valence-corrected chi connectivity index (χ0v) is 16.4. The monoisotopic (exact) mass is 384 g/mol. The first-order chi connectivity index (χ1) is 14.3. The van der Waals surface area contributed by atoms with Crippen LogP contribution < -0.4 is 10.1 Å². The Balaban J connectivity index is 1.63. The van der Waals surface area contributed by atoms with Gasteiger partial charge < -0.3 is 15.0 Å². The lowest BCUT2D eigenvalue weighted by molar-refractivity contribution is 0.0948. The molecular formula is C25H24N2O2. The number of ether oxygens (including phenoxy) is 1. The molecule has 1 unspecified atom stereocenters. The van der Waals surface area contributed by atoms with Gasteiger partial charge in [0, 0.05) is 29.6 Å². The summed E-state index contributed by atoms with van der Waals surface area (Å²) in [7, 11) is 0. The van der Waals surface area contributed by atoms with E-state index in [0.29, 0.717) is 24.5 Å². The fraction of sp³-hybridized carbons (Fsp3) is 0.160. The maximum atomic E-state index is 12.9. The van der Waals surface area contributed by atoms with Crippen molar-refractivity contribution in [1.29, 1.82) is 0 Å². The highest BCUT2D eigenvalue weighted by atomic mass is 16.5. The van der Waals surface area contributed by atoms with Crippen molar-refractivity contribution >= 4 is 16.8 Å². The van der Waals surface area contributed by atoms with Crippen molar-refractivity contribution < 1.29 is 9.53 Å². The van der Waals surface area contributed by atoms with Crippen LogP contribution in [0.3, 0.4) is 0 Å². The van der Waals surface area contributed by atoms with Crippen LogP contribution in [0, 0.1) is 0 Å². The van der Waals surface area contributed by atoms with Crippen LogP contribution in [-0.2, 0) is 0 Å². The average molecular weight is 384 g/mol. The molecule has 0 aliphatic carbocycles. The van der Waals surface area contributed by atoms with Crippen molar-refractivity contribution in [3.63, 3.8) is 0 Å². The summed E-state index contributed by atoms with van der Waals surface area (Å²) in [6.45, 7) is 2.93. The molecule has 2 N–H and O–H groups in total. The third-order valence-corrected chi connectivity index (χ3v) is 5.10. The fourth-order valence-electron chi connectivity index (χ4n) is 3.70. The number of aromatic amines is 1. The van der Waals surface area contributed by atoms with Gasteiger partial charge in [-0.25, -0.2) is 0 Å². The topological polar surface area (TPSA) is 54.1 Å². The van der Waals surface area contributed by atoms with E-state index in [-0.39, 0.29) is 11.8 Å². The predicted octanol–water partition coefficient (Wildman–Crippen LogP) is 5.13. The molecule has 1 atom stereocenters. The molecule has 4 aromatic rings. The van der Waals surface area contributed by atoms with Crippen LogP contribution in [0.4, 0.5) is 0 Å². The van der Waals surface area contributed by atoms with Crippen LogP contribution in [0.5, 0.6) is 5.75 Å². The van der Waals surface area contributed by atoms with Crippen LogP contribution in [0.25, 0.3) is 10.9 Å². The number of aromatic nitrogens is 1. The number of carbonyl (C=O) groups excluding carboxylic acids is 1. The van der Waals surface area contributed by atoms with Gasteiger partial charge in [0.25, 0.3) is 5.91 Å². The van der Waals surface area contributed by atoms with Crippen molar-refractivity contribution in [1.82, 2.24) is 10.3 Å². The van der Waals surface area contributed by atoms with Crippen molar-refractivity contribution in [2.24, 2.45) is 0 Å². The second kappa shape index (κ2) is 8.65. The molecule has 0 aliphatic heterocycles. The summed E-state index contributed by atoms with van der Waals surface area (Å²) < 4.78 is 5.61. The number of fused-ring (bicyclic) bond motifs is 1. The number of carbonyl (C=O) groups is 1. The van der Waals surface area contributed by atoms with Gasteiger partial charge in [0.05, 0.1) is 12.2 Å². The van der Waals surface area contributed by atoms with Gasteiger partial charge in [-0.05, 0) is 36.2 Å². The summed E-state index contributed by atoms with van der Waals surface area (Å²) in [5.74, 6) is 0.515.